The minimum atomic E-state index is -0.00138. The Morgan fingerprint density at radius 3 is 3.04 bits per heavy atom. The number of nitrogens with two attached hydrogens (primary N) is 2. The highest BCUT2D eigenvalue weighted by molar-refractivity contribution is 6.06. The number of nitrogens with one attached hydrogen (secondary N) is 2. The maximum absolute atomic E-state index is 7.24. The molecule has 4 rings (SSSR count). The number of ether oxygens (including phenoxy) is 1. The summed E-state index contributed by atoms with van der Waals surface area (Å²) < 4.78 is 7.99. The highest BCUT2D eigenvalue weighted by Crippen LogP contribution is 2.34. The summed E-state index contributed by atoms with van der Waals surface area (Å²) in [6.45, 7) is 1.78. The molecule has 2 aromatic heterocycles. The lowest BCUT2D eigenvalue weighted by molar-refractivity contribution is 0.0534. The van der Waals surface area contributed by atoms with Crippen molar-refractivity contribution in [3.63, 3.8) is 0 Å². The van der Waals surface area contributed by atoms with Gasteiger partial charge in [-0.15, -0.1) is 0 Å². The van der Waals surface area contributed by atoms with Gasteiger partial charge in [0, 0.05) is 11.9 Å². The quantitative estimate of drug-likeness (QED) is 0.324. The molecule has 0 unspecified atom stereocenters. The van der Waals surface area contributed by atoms with Gasteiger partial charge in [-0.3, -0.25) is 5.41 Å². The van der Waals surface area contributed by atoms with E-state index in [1.54, 1.807) is 0 Å². The van der Waals surface area contributed by atoms with Crippen LogP contribution in [0.25, 0.3) is 21.9 Å². The van der Waals surface area contributed by atoms with E-state index in [1.807, 2.05) is 18.2 Å². The SMILES string of the molecule is N=C(N)NCCC[C@H]1COCc2nc3c(N)nc4ccccc4c3n21. The molecule has 0 saturated carbocycles. The maximum atomic E-state index is 7.24. The molecule has 0 spiro atoms. The van der Waals surface area contributed by atoms with Gasteiger partial charge in [0.15, 0.2) is 11.8 Å². The van der Waals surface area contributed by atoms with Crippen LogP contribution in [0.2, 0.25) is 0 Å². The number of guanidine groups is 1. The molecule has 0 radical (unpaired) electrons. The minimum absolute atomic E-state index is 0.00138. The van der Waals surface area contributed by atoms with Crippen LogP contribution in [0.1, 0.15) is 24.7 Å². The lowest BCUT2D eigenvalue weighted by Crippen LogP contribution is -2.31. The van der Waals surface area contributed by atoms with Crippen LogP contribution in [-0.2, 0) is 11.3 Å². The average molecular weight is 339 g/mol. The molecule has 3 aromatic rings. The molecule has 1 aliphatic heterocycles. The van der Waals surface area contributed by atoms with E-state index in [4.69, 9.17) is 26.6 Å². The largest absolute Gasteiger partial charge is 0.382 e. The first-order chi connectivity index (χ1) is 12.1. The van der Waals surface area contributed by atoms with Crippen molar-refractivity contribution in [3.05, 3.63) is 30.1 Å². The summed E-state index contributed by atoms with van der Waals surface area (Å²) in [4.78, 5) is 9.17. The summed E-state index contributed by atoms with van der Waals surface area (Å²) in [7, 11) is 0. The molecule has 0 saturated heterocycles. The standard InChI is InChI=1S/C17H21N7O/c18-16-14-15(11-5-1-2-6-12(11)22-16)24-10(4-3-7-21-17(19)20)8-25-9-13(24)23-14/h1-2,5-6,10H,3-4,7-9H2,(H2,18,22)(H4,19,20,21)/t10-/m0/s1. The van der Waals surface area contributed by atoms with E-state index in [0.717, 1.165) is 40.6 Å². The van der Waals surface area contributed by atoms with Gasteiger partial charge in [0.25, 0.3) is 0 Å². The fourth-order valence-corrected chi connectivity index (χ4v) is 3.50. The molecule has 3 heterocycles. The number of imidazole rings is 1. The zero-order valence-electron chi connectivity index (χ0n) is 13.8. The van der Waals surface area contributed by atoms with Crippen LogP contribution in [0.4, 0.5) is 5.82 Å². The lowest BCUT2D eigenvalue weighted by Gasteiger charge is -2.26. The smallest absolute Gasteiger partial charge is 0.185 e. The highest BCUT2D eigenvalue weighted by atomic mass is 16.5. The van der Waals surface area contributed by atoms with Gasteiger partial charge in [0.05, 0.1) is 23.7 Å². The number of fused-ring (bicyclic) bond motifs is 5. The number of benzene rings is 1. The summed E-state index contributed by atoms with van der Waals surface area (Å²) in [6.07, 6.45) is 1.78. The van der Waals surface area contributed by atoms with Gasteiger partial charge in [-0.25, -0.2) is 9.97 Å². The highest BCUT2D eigenvalue weighted by Gasteiger charge is 2.26. The normalized spacial score (nSPS) is 16.9. The minimum Gasteiger partial charge on any atom is -0.382 e. The molecule has 1 aliphatic rings. The third-order valence-corrected chi connectivity index (χ3v) is 4.56. The summed E-state index contributed by atoms with van der Waals surface area (Å²) in [5, 5.41) is 11.1. The van der Waals surface area contributed by atoms with E-state index in [9.17, 15) is 0 Å². The van der Waals surface area contributed by atoms with E-state index in [2.05, 4.69) is 20.9 Å². The molecular weight excluding hydrogens is 318 g/mol. The van der Waals surface area contributed by atoms with E-state index >= 15 is 0 Å². The molecule has 130 valence electrons. The van der Waals surface area contributed by atoms with Crippen LogP contribution >= 0.6 is 0 Å². The summed E-state index contributed by atoms with van der Waals surface area (Å²) in [5.74, 6) is 1.33. The number of aromatic nitrogens is 3. The Balaban J connectivity index is 1.77. The molecule has 25 heavy (non-hydrogen) atoms. The van der Waals surface area contributed by atoms with Crippen molar-refractivity contribution in [3.8, 4) is 0 Å². The van der Waals surface area contributed by atoms with Crippen molar-refractivity contribution in [2.45, 2.75) is 25.5 Å². The molecule has 0 bridgehead atoms. The van der Waals surface area contributed by atoms with E-state index in [1.165, 1.54) is 0 Å². The Kier molecular flexibility index (Phi) is 3.89. The first-order valence-electron chi connectivity index (χ1n) is 8.36. The van der Waals surface area contributed by atoms with Crippen molar-refractivity contribution in [1.82, 2.24) is 19.9 Å². The third kappa shape index (κ3) is 2.74. The summed E-state index contributed by atoms with van der Waals surface area (Å²) in [5.41, 5.74) is 14.1. The van der Waals surface area contributed by atoms with Crippen LogP contribution in [0.3, 0.4) is 0 Å². The second kappa shape index (κ2) is 6.21. The van der Waals surface area contributed by atoms with Crippen molar-refractivity contribution in [1.29, 1.82) is 5.41 Å². The number of nitrogen functional groups attached to an aromatic ring is 1. The Labute approximate surface area is 144 Å². The fraction of sp³-hybridized carbons (Fsp3) is 0.353. The van der Waals surface area contributed by atoms with E-state index in [0.29, 0.717) is 25.6 Å². The van der Waals surface area contributed by atoms with E-state index in [-0.39, 0.29) is 12.0 Å². The Morgan fingerprint density at radius 1 is 1.36 bits per heavy atom. The number of hydrogen-bond acceptors (Lipinski definition) is 5. The van der Waals surface area contributed by atoms with Gasteiger partial charge in [-0.2, -0.15) is 0 Å². The van der Waals surface area contributed by atoms with Crippen molar-refractivity contribution < 1.29 is 4.74 Å². The van der Waals surface area contributed by atoms with Crippen molar-refractivity contribution in [2.24, 2.45) is 5.73 Å². The van der Waals surface area contributed by atoms with Gasteiger partial charge >= 0.3 is 0 Å². The first-order valence-corrected chi connectivity index (χ1v) is 8.36. The fourth-order valence-electron chi connectivity index (χ4n) is 3.50. The second-order valence-electron chi connectivity index (χ2n) is 6.26. The van der Waals surface area contributed by atoms with Gasteiger partial charge in [-0.1, -0.05) is 18.2 Å². The molecule has 8 nitrogen and oxygen atoms in total. The molecule has 0 amide bonds. The number of para-hydroxylation sites is 1. The van der Waals surface area contributed by atoms with Crippen LogP contribution in [0, 0.1) is 5.41 Å². The number of hydrogen-bond donors (Lipinski definition) is 4. The van der Waals surface area contributed by atoms with Crippen LogP contribution < -0.4 is 16.8 Å². The predicted octanol–water partition coefficient (Wildman–Crippen LogP) is 1.50. The van der Waals surface area contributed by atoms with E-state index < -0.39 is 0 Å². The first kappa shape index (κ1) is 15.6. The van der Waals surface area contributed by atoms with Crippen molar-refractivity contribution >= 4 is 33.7 Å². The molecule has 1 atom stereocenters. The van der Waals surface area contributed by atoms with Gasteiger partial charge in [0.2, 0.25) is 0 Å². The molecule has 0 aliphatic carbocycles. The maximum Gasteiger partial charge on any atom is 0.185 e. The van der Waals surface area contributed by atoms with Gasteiger partial charge < -0.3 is 26.1 Å². The van der Waals surface area contributed by atoms with Crippen molar-refractivity contribution in [2.75, 3.05) is 18.9 Å². The zero-order valence-corrected chi connectivity index (χ0v) is 13.8. The Hall–Kier alpha value is -2.87. The average Bonchev–Trinajstić information content (AvgIpc) is 3.00. The summed E-state index contributed by atoms with van der Waals surface area (Å²) in [6, 6.07) is 8.17. The molecule has 0 fully saturated rings. The number of rotatable bonds is 4. The number of pyridine rings is 1. The zero-order chi connectivity index (χ0) is 17.4. The lowest BCUT2D eigenvalue weighted by atomic mass is 10.1. The third-order valence-electron chi connectivity index (χ3n) is 4.56. The molecule has 1 aromatic carbocycles. The van der Waals surface area contributed by atoms with Gasteiger partial charge in [0.1, 0.15) is 17.9 Å². The van der Waals surface area contributed by atoms with Crippen LogP contribution in [0.5, 0.6) is 0 Å². The molecule has 8 heteroatoms. The van der Waals surface area contributed by atoms with Crippen LogP contribution in [-0.4, -0.2) is 33.6 Å². The second-order valence-corrected chi connectivity index (χ2v) is 6.26. The monoisotopic (exact) mass is 339 g/mol. The molecular formula is C17H21N7O. The van der Waals surface area contributed by atoms with Crippen LogP contribution in [0.15, 0.2) is 24.3 Å². The Morgan fingerprint density at radius 2 is 2.20 bits per heavy atom. The predicted molar refractivity (Wildman–Crippen MR) is 97.3 cm³/mol. The number of anilines is 1. The molecule has 6 N–H and O–H groups in total. The van der Waals surface area contributed by atoms with Gasteiger partial charge in [-0.05, 0) is 18.9 Å². The topological polar surface area (TPSA) is 128 Å². The number of nitrogens with zero attached hydrogens (tertiary/aromatic N) is 3. The Bertz CT molecular complexity index is 949. The summed E-state index contributed by atoms with van der Waals surface area (Å²) >= 11 is 0.